The van der Waals surface area contributed by atoms with Crippen LogP contribution in [0.15, 0.2) is 66.7 Å². The predicted molar refractivity (Wildman–Crippen MR) is 146 cm³/mol. The van der Waals surface area contributed by atoms with Gasteiger partial charge in [-0.15, -0.1) is 0 Å². The van der Waals surface area contributed by atoms with E-state index in [2.05, 4.69) is 5.32 Å². The fourth-order valence-corrected chi connectivity index (χ4v) is 5.06. The number of hydrogen-bond donors (Lipinski definition) is 2. The maximum absolute atomic E-state index is 13.5. The summed E-state index contributed by atoms with van der Waals surface area (Å²) in [6.07, 6.45) is 1.35. The van der Waals surface area contributed by atoms with Crippen molar-refractivity contribution in [1.29, 1.82) is 0 Å². The molecule has 0 spiro atoms. The van der Waals surface area contributed by atoms with Gasteiger partial charge in [-0.3, -0.25) is 14.9 Å². The molecule has 1 saturated heterocycles. The molecule has 4 rings (SSSR count). The van der Waals surface area contributed by atoms with Crippen molar-refractivity contribution >= 4 is 23.3 Å². The first-order valence-corrected chi connectivity index (χ1v) is 12.5. The van der Waals surface area contributed by atoms with E-state index in [1.807, 2.05) is 47.4 Å². The standard InChI is InChI=1S/C29H31N3O7/c1-29(16-5-17-31(29)21-12-14-22(15-13-21)32(36)37)28(35)30-23(27(33)34)18-19-8-10-20(11-9-19)26-24(38-2)6-4-7-25(26)39-3/h4,6-15,23H,5,16-18H2,1-3H3,(H,30,35)(H,33,34)/t23-,29-/m0/s1. The van der Waals surface area contributed by atoms with Gasteiger partial charge in [0.1, 0.15) is 23.1 Å². The molecule has 0 aliphatic carbocycles. The molecule has 3 aromatic rings. The number of rotatable bonds is 10. The molecule has 0 saturated carbocycles. The van der Waals surface area contributed by atoms with Gasteiger partial charge in [-0.1, -0.05) is 30.3 Å². The van der Waals surface area contributed by atoms with E-state index < -0.39 is 28.4 Å². The van der Waals surface area contributed by atoms with Gasteiger partial charge in [0.05, 0.1) is 24.7 Å². The number of nitro groups is 1. The van der Waals surface area contributed by atoms with Gasteiger partial charge in [0.2, 0.25) is 5.91 Å². The van der Waals surface area contributed by atoms with E-state index in [9.17, 15) is 24.8 Å². The molecule has 1 fully saturated rings. The number of carbonyl (C=O) groups is 2. The average molecular weight is 534 g/mol. The summed E-state index contributed by atoms with van der Waals surface area (Å²) in [7, 11) is 3.17. The zero-order chi connectivity index (χ0) is 28.2. The van der Waals surface area contributed by atoms with Crippen LogP contribution in [0.5, 0.6) is 11.5 Å². The molecule has 2 atom stereocenters. The summed E-state index contributed by atoms with van der Waals surface area (Å²) in [6, 6.07) is 17.8. The number of nitrogens with zero attached hydrogens (tertiary/aromatic N) is 2. The number of aliphatic carboxylic acids is 1. The lowest BCUT2D eigenvalue weighted by molar-refractivity contribution is -0.384. The molecule has 0 bridgehead atoms. The van der Waals surface area contributed by atoms with Crippen molar-refractivity contribution in [3.05, 3.63) is 82.4 Å². The molecule has 204 valence electrons. The number of nitro benzene ring substituents is 1. The maximum atomic E-state index is 13.5. The third-order valence-corrected chi connectivity index (χ3v) is 7.22. The van der Waals surface area contributed by atoms with E-state index in [1.165, 1.54) is 12.1 Å². The molecular formula is C29H31N3O7. The number of ether oxygens (including phenoxy) is 2. The summed E-state index contributed by atoms with van der Waals surface area (Å²) in [4.78, 5) is 38.0. The predicted octanol–water partition coefficient (Wildman–Crippen LogP) is 4.45. The Morgan fingerprint density at radius 1 is 1.05 bits per heavy atom. The van der Waals surface area contributed by atoms with E-state index in [0.717, 1.165) is 23.1 Å². The Kier molecular flexibility index (Phi) is 8.04. The van der Waals surface area contributed by atoms with Crippen LogP contribution in [0, 0.1) is 10.1 Å². The lowest BCUT2D eigenvalue weighted by Gasteiger charge is -2.36. The number of non-ortho nitro benzene ring substituents is 1. The molecule has 1 aliphatic heterocycles. The summed E-state index contributed by atoms with van der Waals surface area (Å²) in [5.74, 6) is -0.233. The molecule has 10 nitrogen and oxygen atoms in total. The summed E-state index contributed by atoms with van der Waals surface area (Å²) in [5.41, 5.74) is 2.02. The van der Waals surface area contributed by atoms with Gasteiger partial charge >= 0.3 is 5.97 Å². The minimum atomic E-state index is -1.14. The molecule has 1 heterocycles. The molecule has 0 unspecified atom stereocenters. The van der Waals surface area contributed by atoms with Gasteiger partial charge < -0.3 is 24.8 Å². The first kappa shape index (κ1) is 27.4. The van der Waals surface area contributed by atoms with Gasteiger partial charge in [-0.05, 0) is 55.2 Å². The molecule has 1 amide bonds. The molecule has 3 aromatic carbocycles. The van der Waals surface area contributed by atoms with Crippen molar-refractivity contribution in [2.45, 2.75) is 37.8 Å². The molecule has 0 aromatic heterocycles. The first-order valence-electron chi connectivity index (χ1n) is 12.5. The highest BCUT2D eigenvalue weighted by Gasteiger charge is 2.44. The van der Waals surface area contributed by atoms with E-state index in [-0.39, 0.29) is 12.1 Å². The lowest BCUT2D eigenvalue weighted by Crippen LogP contribution is -2.57. The Balaban J connectivity index is 1.51. The Morgan fingerprint density at radius 2 is 1.67 bits per heavy atom. The minimum Gasteiger partial charge on any atom is -0.496 e. The zero-order valence-corrected chi connectivity index (χ0v) is 22.0. The highest BCUT2D eigenvalue weighted by atomic mass is 16.6. The van der Waals surface area contributed by atoms with Gasteiger partial charge in [0.15, 0.2) is 0 Å². The monoisotopic (exact) mass is 533 g/mol. The number of benzene rings is 3. The molecule has 2 N–H and O–H groups in total. The van der Waals surface area contributed by atoms with Crippen LogP contribution < -0.4 is 19.7 Å². The van der Waals surface area contributed by atoms with E-state index in [0.29, 0.717) is 30.2 Å². The van der Waals surface area contributed by atoms with Gasteiger partial charge in [0.25, 0.3) is 5.69 Å². The van der Waals surface area contributed by atoms with Crippen molar-refractivity contribution in [1.82, 2.24) is 5.32 Å². The van der Waals surface area contributed by atoms with E-state index in [4.69, 9.17) is 9.47 Å². The summed E-state index contributed by atoms with van der Waals surface area (Å²) >= 11 is 0. The highest BCUT2D eigenvalue weighted by molar-refractivity contribution is 5.93. The van der Waals surface area contributed by atoms with Crippen LogP contribution >= 0.6 is 0 Å². The Hall–Kier alpha value is -4.60. The van der Waals surface area contributed by atoms with Crippen LogP contribution in [-0.4, -0.2) is 54.3 Å². The first-order chi connectivity index (χ1) is 18.7. The largest absolute Gasteiger partial charge is 0.496 e. The number of carbonyl (C=O) groups excluding carboxylic acids is 1. The second-order valence-electron chi connectivity index (χ2n) is 9.61. The van der Waals surface area contributed by atoms with Crippen molar-refractivity contribution in [3.63, 3.8) is 0 Å². The minimum absolute atomic E-state index is 0.0368. The second kappa shape index (κ2) is 11.4. The van der Waals surface area contributed by atoms with Crippen molar-refractivity contribution < 1.29 is 29.1 Å². The second-order valence-corrected chi connectivity index (χ2v) is 9.61. The SMILES string of the molecule is COc1cccc(OC)c1-c1ccc(C[C@H](NC(=O)[C@]2(C)CCCN2c2ccc([N+](=O)[O-])cc2)C(=O)O)cc1. The van der Waals surface area contributed by atoms with Crippen molar-refractivity contribution in [2.24, 2.45) is 0 Å². The van der Waals surface area contributed by atoms with Gasteiger partial charge in [-0.25, -0.2) is 4.79 Å². The quantitative estimate of drug-likeness (QED) is 0.289. The Bertz CT molecular complexity index is 1340. The van der Waals surface area contributed by atoms with Crippen LogP contribution in [0.2, 0.25) is 0 Å². The number of methoxy groups -OCH3 is 2. The third-order valence-electron chi connectivity index (χ3n) is 7.22. The van der Waals surface area contributed by atoms with E-state index >= 15 is 0 Å². The number of amides is 1. The van der Waals surface area contributed by atoms with Gasteiger partial charge in [0, 0.05) is 30.8 Å². The Labute approximate surface area is 226 Å². The molecule has 39 heavy (non-hydrogen) atoms. The normalized spacial score (nSPS) is 17.4. The Morgan fingerprint density at radius 3 is 2.21 bits per heavy atom. The summed E-state index contributed by atoms with van der Waals surface area (Å²) < 4.78 is 11.0. The summed E-state index contributed by atoms with van der Waals surface area (Å²) in [6.45, 7) is 2.35. The number of hydrogen-bond acceptors (Lipinski definition) is 7. The van der Waals surface area contributed by atoms with Crippen LogP contribution in [0.4, 0.5) is 11.4 Å². The molecule has 0 radical (unpaired) electrons. The topological polar surface area (TPSA) is 131 Å². The fraction of sp³-hybridized carbons (Fsp3) is 0.310. The van der Waals surface area contributed by atoms with Crippen LogP contribution in [0.3, 0.4) is 0 Å². The lowest BCUT2D eigenvalue weighted by atomic mass is 9.95. The van der Waals surface area contributed by atoms with E-state index in [1.54, 1.807) is 33.3 Å². The van der Waals surface area contributed by atoms with Crippen molar-refractivity contribution in [2.75, 3.05) is 25.7 Å². The number of carboxylic acids is 1. The van der Waals surface area contributed by atoms with Crippen LogP contribution in [0.1, 0.15) is 25.3 Å². The average Bonchev–Trinajstić information content (AvgIpc) is 3.35. The molecule has 1 aliphatic rings. The fourth-order valence-electron chi connectivity index (χ4n) is 5.06. The zero-order valence-electron chi connectivity index (χ0n) is 22.0. The maximum Gasteiger partial charge on any atom is 0.326 e. The van der Waals surface area contributed by atoms with Crippen LogP contribution in [0.25, 0.3) is 11.1 Å². The third kappa shape index (κ3) is 5.64. The van der Waals surface area contributed by atoms with Gasteiger partial charge in [-0.2, -0.15) is 0 Å². The molecular weight excluding hydrogens is 502 g/mol. The summed E-state index contributed by atoms with van der Waals surface area (Å²) in [5, 5.41) is 23.7. The number of carboxylic acid groups (broad SMARTS) is 1. The molecule has 10 heteroatoms. The van der Waals surface area contributed by atoms with Crippen molar-refractivity contribution in [3.8, 4) is 22.6 Å². The van der Waals surface area contributed by atoms with Crippen LogP contribution in [-0.2, 0) is 16.0 Å². The number of anilines is 1. The highest BCUT2D eigenvalue weighted by Crippen LogP contribution is 2.38. The number of nitrogens with one attached hydrogen (secondary N) is 1. The smallest absolute Gasteiger partial charge is 0.326 e.